The van der Waals surface area contributed by atoms with Crippen molar-refractivity contribution in [2.75, 3.05) is 26.2 Å². The van der Waals surface area contributed by atoms with Crippen molar-refractivity contribution in [2.24, 2.45) is 0 Å². The molecule has 1 aliphatic heterocycles. The molecular weight excluding hydrogens is 426 g/mol. The summed E-state index contributed by atoms with van der Waals surface area (Å²) in [6, 6.07) is 14.0. The third-order valence-electron chi connectivity index (χ3n) is 5.43. The van der Waals surface area contributed by atoms with Gasteiger partial charge in [0.25, 0.3) is 0 Å². The average molecular weight is 460 g/mol. The van der Waals surface area contributed by atoms with Gasteiger partial charge in [0, 0.05) is 30.2 Å². The Balaban J connectivity index is 1.52. The van der Waals surface area contributed by atoms with Crippen LogP contribution >= 0.6 is 11.6 Å². The summed E-state index contributed by atoms with van der Waals surface area (Å²) in [5.41, 5.74) is 2.90. The lowest BCUT2D eigenvalue weighted by Gasteiger charge is -2.33. The van der Waals surface area contributed by atoms with Crippen LogP contribution in [0.4, 0.5) is 0 Å². The average Bonchev–Trinajstić information content (AvgIpc) is 2.76. The molecule has 3 rings (SSSR count). The molecule has 0 spiro atoms. The summed E-state index contributed by atoms with van der Waals surface area (Å²) >= 11 is 6.36. The van der Waals surface area contributed by atoms with E-state index in [1.54, 1.807) is 0 Å². The maximum Gasteiger partial charge on any atom is 0.307 e. The third kappa shape index (κ3) is 7.22. The summed E-state index contributed by atoms with van der Waals surface area (Å²) in [5, 5.41) is 0.739. The van der Waals surface area contributed by atoms with E-state index in [-0.39, 0.29) is 12.1 Å². The summed E-state index contributed by atoms with van der Waals surface area (Å²) in [5.74, 6) is 0.639. The molecule has 1 fully saturated rings. The van der Waals surface area contributed by atoms with E-state index in [2.05, 4.69) is 17.9 Å². The minimum atomic E-state index is -0.446. The van der Waals surface area contributed by atoms with Crippen LogP contribution in [-0.4, -0.2) is 42.7 Å². The molecule has 6 heteroatoms. The normalized spacial score (nSPS) is 17.2. The largest absolute Gasteiger partial charge is 0.489 e. The van der Waals surface area contributed by atoms with Gasteiger partial charge in [0.1, 0.15) is 18.0 Å². The van der Waals surface area contributed by atoms with Gasteiger partial charge in [0.2, 0.25) is 0 Å². The van der Waals surface area contributed by atoms with E-state index >= 15 is 0 Å². The van der Waals surface area contributed by atoms with Gasteiger partial charge in [-0.15, -0.1) is 0 Å². The van der Waals surface area contributed by atoms with Crippen molar-refractivity contribution in [3.05, 3.63) is 64.2 Å². The predicted octanol–water partition coefficient (Wildman–Crippen LogP) is 5.59. The molecule has 0 bridgehead atoms. The van der Waals surface area contributed by atoms with Gasteiger partial charge in [0.15, 0.2) is 0 Å². The number of ether oxygens (including phenoxy) is 3. The van der Waals surface area contributed by atoms with Crippen LogP contribution in [0.5, 0.6) is 5.75 Å². The summed E-state index contributed by atoms with van der Waals surface area (Å²) in [6.45, 7) is 11.1. The SMILES string of the molecule is CCc1cccc(Cl)c1COc1ccc(C2CN(CCC(=O)OC(C)(C)C)CCO2)cc1. The monoisotopic (exact) mass is 459 g/mol. The highest BCUT2D eigenvalue weighted by molar-refractivity contribution is 6.31. The number of aryl methyl sites for hydroxylation is 1. The molecule has 1 heterocycles. The quantitative estimate of drug-likeness (QED) is 0.482. The first-order valence-electron chi connectivity index (χ1n) is 11.3. The van der Waals surface area contributed by atoms with E-state index in [0.717, 1.165) is 41.4 Å². The lowest BCUT2D eigenvalue weighted by molar-refractivity contribution is -0.155. The van der Waals surface area contributed by atoms with Crippen LogP contribution in [0.15, 0.2) is 42.5 Å². The van der Waals surface area contributed by atoms with Gasteiger partial charge in [-0.3, -0.25) is 9.69 Å². The fourth-order valence-corrected chi connectivity index (χ4v) is 4.03. The lowest BCUT2D eigenvalue weighted by Crippen LogP contribution is -2.39. The molecule has 32 heavy (non-hydrogen) atoms. The first-order chi connectivity index (χ1) is 15.2. The molecule has 1 atom stereocenters. The Morgan fingerprint density at radius 3 is 2.62 bits per heavy atom. The van der Waals surface area contributed by atoms with Gasteiger partial charge in [-0.1, -0.05) is 42.8 Å². The molecule has 1 saturated heterocycles. The molecule has 2 aromatic rings. The van der Waals surface area contributed by atoms with Crippen molar-refractivity contribution < 1.29 is 19.0 Å². The van der Waals surface area contributed by atoms with Crippen molar-refractivity contribution in [2.45, 2.75) is 58.8 Å². The zero-order valence-corrected chi connectivity index (χ0v) is 20.3. The fraction of sp³-hybridized carbons (Fsp3) is 0.500. The molecule has 0 amide bonds. The van der Waals surface area contributed by atoms with Crippen LogP contribution in [0.3, 0.4) is 0 Å². The molecule has 2 aromatic carbocycles. The van der Waals surface area contributed by atoms with Gasteiger partial charge in [-0.2, -0.15) is 0 Å². The van der Waals surface area contributed by atoms with E-state index in [0.29, 0.717) is 26.2 Å². The minimum absolute atomic E-state index is 0.0216. The topological polar surface area (TPSA) is 48.0 Å². The van der Waals surface area contributed by atoms with Crippen molar-refractivity contribution in [1.82, 2.24) is 4.90 Å². The second-order valence-electron chi connectivity index (χ2n) is 9.09. The Bertz CT molecular complexity index is 892. The summed E-state index contributed by atoms with van der Waals surface area (Å²) < 4.78 is 17.4. The molecular formula is C26H34ClNO4. The van der Waals surface area contributed by atoms with Crippen LogP contribution in [0.1, 0.15) is 56.9 Å². The molecule has 0 saturated carbocycles. The summed E-state index contributed by atoms with van der Waals surface area (Å²) in [7, 11) is 0. The van der Waals surface area contributed by atoms with Crippen LogP contribution in [0.2, 0.25) is 5.02 Å². The van der Waals surface area contributed by atoms with E-state index in [1.807, 2.05) is 57.2 Å². The molecule has 0 aliphatic carbocycles. The first-order valence-corrected chi connectivity index (χ1v) is 11.7. The summed E-state index contributed by atoms with van der Waals surface area (Å²) in [4.78, 5) is 14.3. The molecule has 5 nitrogen and oxygen atoms in total. The minimum Gasteiger partial charge on any atom is -0.489 e. The highest BCUT2D eigenvalue weighted by atomic mass is 35.5. The lowest BCUT2D eigenvalue weighted by atomic mass is 10.1. The van der Waals surface area contributed by atoms with E-state index in [9.17, 15) is 4.79 Å². The maximum atomic E-state index is 12.0. The molecule has 1 aliphatic rings. The Morgan fingerprint density at radius 1 is 1.19 bits per heavy atom. The zero-order chi connectivity index (χ0) is 23.1. The maximum absolute atomic E-state index is 12.0. The van der Waals surface area contributed by atoms with Gasteiger partial charge >= 0.3 is 5.97 Å². The molecule has 0 aromatic heterocycles. The number of hydrogen-bond acceptors (Lipinski definition) is 5. The number of esters is 1. The Labute approximate surface area is 196 Å². The molecule has 0 N–H and O–H groups in total. The highest BCUT2D eigenvalue weighted by Gasteiger charge is 2.23. The molecule has 1 unspecified atom stereocenters. The molecule has 0 radical (unpaired) electrons. The second kappa shape index (κ2) is 11.2. The summed E-state index contributed by atoms with van der Waals surface area (Å²) in [6.07, 6.45) is 1.28. The highest BCUT2D eigenvalue weighted by Crippen LogP contribution is 2.26. The standard InChI is InChI=1S/C26H34ClNO4/c1-5-19-7-6-8-23(27)22(19)18-31-21-11-9-20(10-12-21)24-17-28(15-16-30-24)14-13-25(29)32-26(2,3)4/h6-12,24H,5,13-18H2,1-4H3. The van der Waals surface area contributed by atoms with Crippen molar-refractivity contribution in [3.63, 3.8) is 0 Å². The Hall–Kier alpha value is -2.08. The number of carbonyl (C=O) groups excluding carboxylic acids is 1. The number of carbonyl (C=O) groups is 1. The van der Waals surface area contributed by atoms with E-state index in [1.165, 1.54) is 5.56 Å². The van der Waals surface area contributed by atoms with Crippen LogP contribution in [-0.2, 0) is 27.3 Å². The van der Waals surface area contributed by atoms with Gasteiger partial charge in [0.05, 0.1) is 19.1 Å². The third-order valence-corrected chi connectivity index (χ3v) is 5.79. The van der Waals surface area contributed by atoms with Crippen LogP contribution in [0, 0.1) is 0 Å². The van der Waals surface area contributed by atoms with Gasteiger partial charge in [-0.25, -0.2) is 0 Å². The molecule has 174 valence electrons. The number of benzene rings is 2. The number of hydrogen-bond donors (Lipinski definition) is 0. The zero-order valence-electron chi connectivity index (χ0n) is 19.5. The number of rotatable bonds is 8. The van der Waals surface area contributed by atoms with E-state index < -0.39 is 5.60 Å². The number of morpholine rings is 1. The van der Waals surface area contributed by atoms with Crippen molar-refractivity contribution >= 4 is 17.6 Å². The smallest absolute Gasteiger partial charge is 0.307 e. The Kier molecular flexibility index (Phi) is 8.57. The van der Waals surface area contributed by atoms with Crippen LogP contribution in [0.25, 0.3) is 0 Å². The van der Waals surface area contributed by atoms with Crippen LogP contribution < -0.4 is 4.74 Å². The first kappa shape index (κ1) is 24.6. The number of nitrogens with zero attached hydrogens (tertiary/aromatic N) is 1. The van der Waals surface area contributed by atoms with Crippen molar-refractivity contribution in [3.8, 4) is 5.75 Å². The fourth-order valence-electron chi connectivity index (χ4n) is 3.78. The van der Waals surface area contributed by atoms with Crippen molar-refractivity contribution in [1.29, 1.82) is 0 Å². The number of halogens is 1. The van der Waals surface area contributed by atoms with E-state index in [4.69, 9.17) is 25.8 Å². The second-order valence-corrected chi connectivity index (χ2v) is 9.49. The van der Waals surface area contributed by atoms with Gasteiger partial charge < -0.3 is 14.2 Å². The van der Waals surface area contributed by atoms with Gasteiger partial charge in [-0.05, 0) is 56.5 Å². The predicted molar refractivity (Wildman–Crippen MR) is 127 cm³/mol. The Morgan fingerprint density at radius 2 is 1.94 bits per heavy atom.